The number of benzene rings is 2. The van der Waals surface area contributed by atoms with Crippen LogP contribution in [-0.4, -0.2) is 67.5 Å². The number of amides is 1. The number of anilines is 1. The molecule has 0 aliphatic carbocycles. The molecule has 0 saturated carbocycles. The average Bonchev–Trinajstić information content (AvgIpc) is 3.17. The van der Waals surface area contributed by atoms with Gasteiger partial charge >= 0.3 is 0 Å². The predicted octanol–water partition coefficient (Wildman–Crippen LogP) is 2.44. The summed E-state index contributed by atoms with van der Waals surface area (Å²) < 4.78 is 3.70. The number of aromatic nitrogens is 4. The molecular weight excluding hydrogens is 456 g/mol. The van der Waals surface area contributed by atoms with Crippen molar-refractivity contribution < 1.29 is 9.90 Å². The maximum absolute atomic E-state index is 12.9. The number of fused-ring (bicyclic) bond motifs is 1. The molecule has 0 radical (unpaired) electrons. The molecule has 9 nitrogen and oxygen atoms in total. The van der Waals surface area contributed by atoms with E-state index in [9.17, 15) is 9.59 Å². The van der Waals surface area contributed by atoms with Crippen LogP contribution < -0.4 is 10.5 Å². The first-order chi connectivity index (χ1) is 17.4. The van der Waals surface area contributed by atoms with Crippen molar-refractivity contribution in [3.8, 4) is 11.1 Å². The Bertz CT molecular complexity index is 1440. The van der Waals surface area contributed by atoms with Gasteiger partial charge in [-0.2, -0.15) is 0 Å². The van der Waals surface area contributed by atoms with Gasteiger partial charge in [0.1, 0.15) is 6.61 Å². The number of piperazine rings is 1. The van der Waals surface area contributed by atoms with Gasteiger partial charge in [0.2, 0.25) is 11.9 Å². The summed E-state index contributed by atoms with van der Waals surface area (Å²) in [5.74, 6) is 0.354. The van der Waals surface area contributed by atoms with Crippen LogP contribution >= 0.6 is 0 Å². The lowest BCUT2D eigenvalue weighted by atomic mass is 10.1. The van der Waals surface area contributed by atoms with E-state index in [1.165, 1.54) is 0 Å². The van der Waals surface area contributed by atoms with Crippen LogP contribution in [0.1, 0.15) is 25.5 Å². The van der Waals surface area contributed by atoms with Gasteiger partial charge in [-0.25, -0.2) is 9.97 Å². The largest absolute Gasteiger partial charge is 0.387 e. The maximum Gasteiger partial charge on any atom is 0.274 e. The quantitative estimate of drug-likeness (QED) is 0.466. The molecule has 2 unspecified atom stereocenters. The van der Waals surface area contributed by atoms with Gasteiger partial charge in [-0.3, -0.25) is 19.0 Å². The molecule has 1 fully saturated rings. The standard InChI is InChI=1S/C27H30N6O3/c1-18-16-31(11-12-32(18)25(35)17-34)27-28-14-22(15-29-27)21-9-10-23-24(13-21)33(30(3)26(23)36)19(2)20-7-5-4-6-8-20/h4-10,13-15,18-19,34H,11-12,16-17H2,1-3H3. The Morgan fingerprint density at radius 1 is 1.08 bits per heavy atom. The Kier molecular flexibility index (Phi) is 6.32. The molecule has 3 heterocycles. The maximum atomic E-state index is 12.9. The van der Waals surface area contributed by atoms with E-state index in [0.29, 0.717) is 31.0 Å². The summed E-state index contributed by atoms with van der Waals surface area (Å²) in [5.41, 5.74) is 3.74. The second-order valence-corrected chi connectivity index (χ2v) is 9.30. The molecule has 36 heavy (non-hydrogen) atoms. The third kappa shape index (κ3) is 4.15. The molecule has 1 N–H and O–H groups in total. The molecule has 2 atom stereocenters. The lowest BCUT2D eigenvalue weighted by Gasteiger charge is -2.39. The summed E-state index contributed by atoms with van der Waals surface area (Å²) >= 11 is 0. The summed E-state index contributed by atoms with van der Waals surface area (Å²) in [4.78, 5) is 37.8. The molecule has 2 aromatic heterocycles. The zero-order valence-corrected chi connectivity index (χ0v) is 20.7. The van der Waals surface area contributed by atoms with Crippen molar-refractivity contribution in [1.29, 1.82) is 0 Å². The first kappa shape index (κ1) is 23.7. The molecule has 1 amide bonds. The molecule has 2 aromatic carbocycles. The molecule has 5 rings (SSSR count). The van der Waals surface area contributed by atoms with E-state index in [1.807, 2.05) is 48.0 Å². The van der Waals surface area contributed by atoms with Crippen molar-refractivity contribution in [1.82, 2.24) is 24.2 Å². The second kappa shape index (κ2) is 9.58. The van der Waals surface area contributed by atoms with Crippen LogP contribution in [0, 0.1) is 0 Å². The molecule has 186 valence electrons. The highest BCUT2D eigenvalue weighted by molar-refractivity contribution is 5.84. The second-order valence-electron chi connectivity index (χ2n) is 9.30. The van der Waals surface area contributed by atoms with Crippen molar-refractivity contribution in [2.75, 3.05) is 31.1 Å². The van der Waals surface area contributed by atoms with Gasteiger partial charge in [-0.05, 0) is 37.1 Å². The number of hydrogen-bond donors (Lipinski definition) is 1. The van der Waals surface area contributed by atoms with Crippen molar-refractivity contribution in [3.63, 3.8) is 0 Å². The van der Waals surface area contributed by atoms with Crippen LogP contribution in [0.3, 0.4) is 0 Å². The van der Waals surface area contributed by atoms with Crippen LogP contribution in [0.5, 0.6) is 0 Å². The minimum Gasteiger partial charge on any atom is -0.387 e. The van der Waals surface area contributed by atoms with Gasteiger partial charge in [0, 0.05) is 50.7 Å². The molecule has 1 aliphatic rings. The number of hydrogen-bond acceptors (Lipinski definition) is 6. The van der Waals surface area contributed by atoms with Crippen molar-refractivity contribution in [2.24, 2.45) is 7.05 Å². The molecule has 0 spiro atoms. The summed E-state index contributed by atoms with van der Waals surface area (Å²) in [6, 6.07) is 15.9. The van der Waals surface area contributed by atoms with Crippen LogP contribution in [0.25, 0.3) is 22.0 Å². The molecule has 4 aromatic rings. The summed E-state index contributed by atoms with van der Waals surface area (Å²) in [6.07, 6.45) is 3.59. The lowest BCUT2D eigenvalue weighted by molar-refractivity contribution is -0.136. The van der Waals surface area contributed by atoms with Gasteiger partial charge in [0.25, 0.3) is 5.56 Å². The fraction of sp³-hybridized carbons (Fsp3) is 0.333. The SMILES string of the molecule is CC1CN(c2ncc(-c3ccc4c(=O)n(C)n(C(C)c5ccccc5)c4c3)cn2)CCN1C(=O)CO. The number of aliphatic hydroxyl groups excluding tert-OH is 1. The van der Waals surface area contributed by atoms with Crippen LogP contribution in [0.15, 0.2) is 65.7 Å². The summed E-state index contributed by atoms with van der Waals surface area (Å²) in [5, 5.41) is 9.84. The summed E-state index contributed by atoms with van der Waals surface area (Å²) in [6.45, 7) is 5.30. The number of aliphatic hydroxyl groups is 1. The Morgan fingerprint density at radius 2 is 1.81 bits per heavy atom. The Hall–Kier alpha value is -3.98. The normalized spacial score (nSPS) is 16.9. The third-order valence-corrected chi connectivity index (χ3v) is 7.08. The molecule has 1 aliphatic heterocycles. The number of carbonyl (C=O) groups excluding carboxylic acids is 1. The first-order valence-electron chi connectivity index (χ1n) is 12.1. The fourth-order valence-corrected chi connectivity index (χ4v) is 5.09. The van der Waals surface area contributed by atoms with Gasteiger partial charge in [0.15, 0.2) is 0 Å². The molecular formula is C27H30N6O3. The van der Waals surface area contributed by atoms with Gasteiger partial charge < -0.3 is 14.9 Å². The van der Waals surface area contributed by atoms with Crippen molar-refractivity contribution in [3.05, 3.63) is 76.8 Å². The fourth-order valence-electron chi connectivity index (χ4n) is 5.09. The zero-order valence-electron chi connectivity index (χ0n) is 20.7. The van der Waals surface area contributed by atoms with E-state index in [0.717, 1.165) is 22.2 Å². The van der Waals surface area contributed by atoms with Crippen LogP contribution in [-0.2, 0) is 11.8 Å². The Labute approximate surface area is 209 Å². The van der Waals surface area contributed by atoms with Gasteiger partial charge in [-0.1, -0.05) is 36.4 Å². The third-order valence-electron chi connectivity index (χ3n) is 7.08. The van der Waals surface area contributed by atoms with Crippen LogP contribution in [0.2, 0.25) is 0 Å². The number of nitrogens with zero attached hydrogens (tertiary/aromatic N) is 6. The molecule has 0 bridgehead atoms. The minimum absolute atomic E-state index is 0.0198. The monoisotopic (exact) mass is 486 g/mol. The highest BCUT2D eigenvalue weighted by Gasteiger charge is 2.28. The predicted molar refractivity (Wildman–Crippen MR) is 139 cm³/mol. The smallest absolute Gasteiger partial charge is 0.274 e. The van der Waals surface area contributed by atoms with Crippen molar-refractivity contribution in [2.45, 2.75) is 25.9 Å². The van der Waals surface area contributed by atoms with Crippen molar-refractivity contribution >= 4 is 22.8 Å². The molecule has 1 saturated heterocycles. The van der Waals surface area contributed by atoms with Gasteiger partial charge in [-0.15, -0.1) is 0 Å². The highest BCUT2D eigenvalue weighted by atomic mass is 16.3. The number of carbonyl (C=O) groups is 1. The number of rotatable bonds is 5. The van der Waals surface area contributed by atoms with E-state index in [4.69, 9.17) is 5.11 Å². The van der Waals surface area contributed by atoms with E-state index in [2.05, 4.69) is 33.9 Å². The van der Waals surface area contributed by atoms with Crippen LogP contribution in [0.4, 0.5) is 5.95 Å². The zero-order chi connectivity index (χ0) is 25.4. The van der Waals surface area contributed by atoms with E-state index >= 15 is 0 Å². The highest BCUT2D eigenvalue weighted by Crippen LogP contribution is 2.27. The summed E-state index contributed by atoms with van der Waals surface area (Å²) in [7, 11) is 1.80. The molecule has 9 heteroatoms. The topological polar surface area (TPSA) is 96.5 Å². The lowest BCUT2D eigenvalue weighted by Crippen LogP contribution is -2.55. The van der Waals surface area contributed by atoms with E-state index in [1.54, 1.807) is 29.0 Å². The first-order valence-corrected chi connectivity index (χ1v) is 12.1. The average molecular weight is 487 g/mol. The van der Waals surface area contributed by atoms with Gasteiger partial charge in [0.05, 0.1) is 16.9 Å². The minimum atomic E-state index is -0.473. The Morgan fingerprint density at radius 3 is 2.47 bits per heavy atom. The Balaban J connectivity index is 1.43. The van der Waals surface area contributed by atoms with E-state index < -0.39 is 6.61 Å². The van der Waals surface area contributed by atoms with E-state index in [-0.39, 0.29) is 23.6 Å².